The van der Waals surface area contributed by atoms with Crippen LogP contribution in [-0.2, 0) is 25.0 Å². The van der Waals surface area contributed by atoms with E-state index in [0.717, 1.165) is 19.3 Å². The van der Waals surface area contributed by atoms with Crippen molar-refractivity contribution in [3.63, 3.8) is 0 Å². The zero-order valence-electron chi connectivity index (χ0n) is 17.4. The smallest absolute Gasteiger partial charge is 0.292 e. The highest BCUT2D eigenvalue weighted by Crippen LogP contribution is 2.14. The monoisotopic (exact) mass is 444 g/mol. The van der Waals surface area contributed by atoms with Crippen LogP contribution in [0.4, 0.5) is 0 Å². The van der Waals surface area contributed by atoms with Crippen molar-refractivity contribution in [3.05, 3.63) is 0 Å². The van der Waals surface area contributed by atoms with E-state index in [1.165, 1.54) is 64.2 Å². The Morgan fingerprint density at radius 3 is 1.43 bits per heavy atom. The Hall–Kier alpha value is -0.220. The van der Waals surface area contributed by atoms with Crippen LogP contribution in [0.1, 0.15) is 103 Å². The molecule has 0 aromatic heterocycles. The van der Waals surface area contributed by atoms with E-state index in [9.17, 15) is 16.8 Å². The summed E-state index contributed by atoms with van der Waals surface area (Å²) < 4.78 is 66.6. The number of hydrogen-bond donors (Lipinski definition) is 2. The second-order valence-electron chi connectivity index (χ2n) is 7.49. The Labute approximate surface area is 172 Å². The molecule has 0 radical (unpaired) electrons. The summed E-state index contributed by atoms with van der Waals surface area (Å²) in [4.78, 5) is 0. The lowest BCUT2D eigenvalue weighted by Crippen LogP contribution is -2.27. The third-order valence-electron chi connectivity index (χ3n) is 4.75. The van der Waals surface area contributed by atoms with Gasteiger partial charge in [-0.15, -0.1) is 0 Å². The molecule has 2 N–H and O–H groups in total. The van der Waals surface area contributed by atoms with Crippen molar-refractivity contribution in [3.8, 4) is 0 Å². The average Bonchev–Trinajstić information content (AvgIpc) is 2.58. The summed E-state index contributed by atoms with van der Waals surface area (Å²) in [7, 11) is -8.80. The Kier molecular flexibility index (Phi) is 16.4. The van der Waals surface area contributed by atoms with Gasteiger partial charge in [-0.3, -0.25) is 9.11 Å². The maximum Gasteiger partial charge on any atom is 0.292 e. The number of ether oxygens (including phenoxy) is 1. The molecule has 1 atom stereocenters. The molecule has 0 spiro atoms. The van der Waals surface area contributed by atoms with E-state index < -0.39 is 37.8 Å². The van der Waals surface area contributed by atoms with Crippen LogP contribution < -0.4 is 0 Å². The van der Waals surface area contributed by atoms with Crippen molar-refractivity contribution in [2.75, 3.05) is 12.4 Å². The lowest BCUT2D eigenvalue weighted by molar-refractivity contribution is 0.0931. The first-order valence-electron chi connectivity index (χ1n) is 10.7. The van der Waals surface area contributed by atoms with E-state index in [-0.39, 0.29) is 6.61 Å². The molecule has 0 fully saturated rings. The summed E-state index contributed by atoms with van der Waals surface area (Å²) in [6.07, 6.45) is 16.4. The fourth-order valence-electron chi connectivity index (χ4n) is 3.07. The topological polar surface area (TPSA) is 118 Å². The molecule has 0 saturated carbocycles. The first-order valence-corrected chi connectivity index (χ1v) is 13.8. The fraction of sp³-hybridized carbons (Fsp3) is 1.00. The minimum atomic E-state index is -4.50. The van der Waals surface area contributed by atoms with Crippen LogP contribution in [0.25, 0.3) is 0 Å². The Morgan fingerprint density at radius 1 is 0.679 bits per heavy atom. The van der Waals surface area contributed by atoms with E-state index in [1.54, 1.807) is 0 Å². The van der Waals surface area contributed by atoms with E-state index in [0.29, 0.717) is 6.42 Å². The molecule has 0 aliphatic heterocycles. The number of rotatable bonds is 20. The summed E-state index contributed by atoms with van der Waals surface area (Å²) in [6.45, 7) is 2.37. The molecular weight excluding hydrogens is 404 g/mol. The second-order valence-corrected chi connectivity index (χ2v) is 10.6. The van der Waals surface area contributed by atoms with Crippen molar-refractivity contribution in [2.24, 2.45) is 0 Å². The molecule has 0 aliphatic carbocycles. The van der Waals surface area contributed by atoms with Gasteiger partial charge in [0.15, 0.2) is 5.44 Å². The molecule has 0 aliphatic rings. The van der Waals surface area contributed by atoms with E-state index in [1.807, 2.05) is 0 Å². The van der Waals surface area contributed by atoms with Crippen molar-refractivity contribution in [1.29, 1.82) is 0 Å². The number of unbranched alkanes of at least 4 members (excludes halogenated alkanes) is 13. The zero-order valence-corrected chi connectivity index (χ0v) is 19.0. The van der Waals surface area contributed by atoms with Crippen LogP contribution in [-0.4, -0.2) is 43.7 Å². The largest absolute Gasteiger partial charge is 0.360 e. The van der Waals surface area contributed by atoms with Gasteiger partial charge in [-0.25, -0.2) is 0 Å². The maximum absolute atomic E-state index is 11.2. The van der Waals surface area contributed by atoms with Gasteiger partial charge >= 0.3 is 0 Å². The first kappa shape index (κ1) is 27.8. The summed E-state index contributed by atoms with van der Waals surface area (Å²) in [5.41, 5.74) is -1.61. The van der Waals surface area contributed by atoms with Crippen molar-refractivity contribution in [2.45, 2.75) is 109 Å². The van der Waals surface area contributed by atoms with Gasteiger partial charge in [0.1, 0.15) is 0 Å². The summed E-state index contributed by atoms with van der Waals surface area (Å²) in [6, 6.07) is 0. The molecule has 1 unspecified atom stereocenters. The minimum Gasteiger partial charge on any atom is -0.360 e. The van der Waals surface area contributed by atoms with Crippen LogP contribution in [0.2, 0.25) is 0 Å². The predicted octanol–water partition coefficient (Wildman–Crippen LogP) is 4.98. The van der Waals surface area contributed by atoms with Gasteiger partial charge in [0.25, 0.3) is 20.2 Å². The van der Waals surface area contributed by atoms with Gasteiger partial charge in [-0.05, 0) is 6.42 Å². The lowest BCUT2D eigenvalue weighted by Gasteiger charge is -2.14. The summed E-state index contributed by atoms with van der Waals surface area (Å²) in [5, 5.41) is 0. The molecule has 9 heteroatoms. The van der Waals surface area contributed by atoms with Crippen LogP contribution in [0.15, 0.2) is 0 Å². The second kappa shape index (κ2) is 16.6. The van der Waals surface area contributed by atoms with E-state index >= 15 is 0 Å². The third-order valence-corrected chi connectivity index (χ3v) is 6.53. The van der Waals surface area contributed by atoms with Gasteiger partial charge in [-0.1, -0.05) is 90.4 Å². The van der Waals surface area contributed by atoms with Crippen molar-refractivity contribution >= 4 is 20.2 Å². The van der Waals surface area contributed by atoms with Crippen LogP contribution in [0.5, 0.6) is 0 Å². The highest BCUT2D eigenvalue weighted by atomic mass is 32.2. The predicted molar refractivity (Wildman–Crippen MR) is 113 cm³/mol. The molecule has 0 aromatic rings. The third kappa shape index (κ3) is 19.1. The number of hydrogen-bond acceptors (Lipinski definition) is 5. The molecule has 0 aromatic carbocycles. The molecule has 28 heavy (non-hydrogen) atoms. The molecule has 7 nitrogen and oxygen atoms in total. The Bertz CT molecular complexity index is 559. The first-order chi connectivity index (χ1) is 13.2. The molecule has 0 heterocycles. The normalized spacial score (nSPS) is 13.7. The molecule has 0 amide bonds. The molecule has 0 bridgehead atoms. The minimum absolute atomic E-state index is 0.133. The van der Waals surface area contributed by atoms with Crippen LogP contribution in [0, 0.1) is 0 Å². The average molecular weight is 445 g/mol. The van der Waals surface area contributed by atoms with Gasteiger partial charge in [0, 0.05) is 13.0 Å². The maximum atomic E-state index is 11.2. The van der Waals surface area contributed by atoms with E-state index in [4.69, 9.17) is 13.8 Å². The zero-order chi connectivity index (χ0) is 21.3. The van der Waals surface area contributed by atoms with Gasteiger partial charge in [0.2, 0.25) is 0 Å². The quantitative estimate of drug-likeness (QED) is 0.201. The van der Waals surface area contributed by atoms with Gasteiger partial charge < -0.3 is 4.74 Å². The standard InChI is InChI=1S/C19H40O7S2/c1-2-3-4-5-6-7-8-9-10-11-12-13-14-15-17-26-19(28(23,24)25)16-18-27(20,21)22/h19H,2-18H2,1H3,(H,20,21,22)(H,23,24,25). The van der Waals surface area contributed by atoms with Crippen molar-refractivity contribution < 1.29 is 30.7 Å². The summed E-state index contributed by atoms with van der Waals surface area (Å²) in [5.74, 6) is -0.768. The van der Waals surface area contributed by atoms with Crippen LogP contribution in [0.3, 0.4) is 0 Å². The highest BCUT2D eigenvalue weighted by molar-refractivity contribution is 7.87. The van der Waals surface area contributed by atoms with Crippen molar-refractivity contribution in [1.82, 2.24) is 0 Å². The highest BCUT2D eigenvalue weighted by Gasteiger charge is 2.25. The van der Waals surface area contributed by atoms with Gasteiger partial charge in [-0.2, -0.15) is 16.8 Å². The Morgan fingerprint density at radius 2 is 1.07 bits per heavy atom. The van der Waals surface area contributed by atoms with E-state index in [2.05, 4.69) is 6.92 Å². The molecule has 0 saturated heterocycles. The van der Waals surface area contributed by atoms with Crippen LogP contribution >= 0.6 is 0 Å². The summed E-state index contributed by atoms with van der Waals surface area (Å²) >= 11 is 0. The van der Waals surface area contributed by atoms with Gasteiger partial charge in [0.05, 0.1) is 5.75 Å². The molecule has 0 rings (SSSR count). The molecule has 170 valence electrons. The SMILES string of the molecule is CCCCCCCCCCCCCCCCOC(CCS(=O)(=O)O)S(=O)(=O)O. The fourth-order valence-corrected chi connectivity index (χ4v) is 4.42. The lowest BCUT2D eigenvalue weighted by atomic mass is 10.0. The Balaban J connectivity index is 3.56. The molecular formula is C19H40O7S2.